The van der Waals surface area contributed by atoms with Crippen LogP contribution >= 0.6 is 12.4 Å². The van der Waals surface area contributed by atoms with E-state index in [4.69, 9.17) is 10.5 Å². The van der Waals surface area contributed by atoms with E-state index in [2.05, 4.69) is 0 Å². The number of likely N-dealkylation sites (tertiary alicyclic amines) is 1. The van der Waals surface area contributed by atoms with Gasteiger partial charge in [0.15, 0.2) is 6.10 Å². The van der Waals surface area contributed by atoms with E-state index in [1.165, 1.54) is 0 Å². The van der Waals surface area contributed by atoms with E-state index in [9.17, 15) is 4.79 Å². The highest BCUT2D eigenvalue weighted by molar-refractivity contribution is 5.85. The molecule has 1 fully saturated rings. The van der Waals surface area contributed by atoms with Crippen LogP contribution in [0.15, 0.2) is 30.3 Å². The predicted molar refractivity (Wildman–Crippen MR) is 86.4 cm³/mol. The normalized spacial score (nSPS) is 21.3. The van der Waals surface area contributed by atoms with E-state index in [1.54, 1.807) is 7.11 Å². The van der Waals surface area contributed by atoms with Gasteiger partial charge >= 0.3 is 0 Å². The lowest BCUT2D eigenvalue weighted by atomic mass is 9.91. The molecule has 1 aliphatic heterocycles. The zero-order valence-electron chi connectivity index (χ0n) is 12.7. The topological polar surface area (TPSA) is 55.6 Å². The molecule has 0 radical (unpaired) electrons. The van der Waals surface area contributed by atoms with Crippen molar-refractivity contribution in [3.8, 4) is 0 Å². The fourth-order valence-electron chi connectivity index (χ4n) is 2.81. The van der Waals surface area contributed by atoms with Gasteiger partial charge < -0.3 is 15.4 Å². The smallest absolute Gasteiger partial charge is 0.256 e. The molecule has 4 nitrogen and oxygen atoms in total. The predicted octanol–water partition coefficient (Wildman–Crippen LogP) is 2.38. The summed E-state index contributed by atoms with van der Waals surface area (Å²) in [7, 11) is 1.59. The molecule has 3 unspecified atom stereocenters. The van der Waals surface area contributed by atoms with Crippen LogP contribution in [0.2, 0.25) is 0 Å². The monoisotopic (exact) mass is 312 g/mol. The Balaban J connectivity index is 0.00000220. The first-order valence-electron chi connectivity index (χ1n) is 7.25. The molecule has 0 spiro atoms. The van der Waals surface area contributed by atoms with Crippen LogP contribution in [-0.4, -0.2) is 37.0 Å². The van der Waals surface area contributed by atoms with Crippen LogP contribution in [0.1, 0.15) is 31.4 Å². The fraction of sp³-hybridized carbons (Fsp3) is 0.562. The number of hydrogen-bond acceptors (Lipinski definition) is 3. The van der Waals surface area contributed by atoms with Gasteiger partial charge in [-0.25, -0.2) is 0 Å². The third-order valence-electron chi connectivity index (χ3n) is 4.08. The Hall–Kier alpha value is -1.10. The standard InChI is InChI=1S/C16H24N2O2.ClH/c1-12(17)14-9-6-10-18(11-14)16(19)15(20-2)13-7-4-3-5-8-13;/h3-5,7-8,12,14-15H,6,9-11,17H2,1-2H3;1H. The Labute approximate surface area is 133 Å². The molecule has 0 aliphatic carbocycles. The van der Waals surface area contributed by atoms with Crippen LogP contribution in [0.25, 0.3) is 0 Å². The third kappa shape index (κ3) is 4.43. The van der Waals surface area contributed by atoms with E-state index in [0.29, 0.717) is 5.92 Å². The number of carbonyl (C=O) groups excluding carboxylic acids is 1. The molecule has 1 aromatic rings. The molecule has 3 atom stereocenters. The molecule has 118 valence electrons. The second-order valence-corrected chi connectivity index (χ2v) is 5.57. The van der Waals surface area contributed by atoms with Gasteiger partial charge in [-0.05, 0) is 31.2 Å². The number of hydrogen-bond donors (Lipinski definition) is 1. The van der Waals surface area contributed by atoms with Crippen LogP contribution in [0, 0.1) is 5.92 Å². The molecule has 5 heteroatoms. The molecule has 0 saturated carbocycles. The van der Waals surface area contributed by atoms with Gasteiger partial charge in [0.1, 0.15) is 0 Å². The van der Waals surface area contributed by atoms with Gasteiger partial charge in [-0.15, -0.1) is 12.4 Å². The van der Waals surface area contributed by atoms with Crippen molar-refractivity contribution in [3.05, 3.63) is 35.9 Å². The average molecular weight is 313 g/mol. The number of methoxy groups -OCH3 is 1. The van der Waals surface area contributed by atoms with Crippen molar-refractivity contribution in [1.82, 2.24) is 4.90 Å². The van der Waals surface area contributed by atoms with E-state index < -0.39 is 6.10 Å². The van der Waals surface area contributed by atoms with Gasteiger partial charge in [0.25, 0.3) is 5.91 Å². The SMILES string of the molecule is COC(C(=O)N1CCCC(C(C)N)C1)c1ccccc1.Cl. The first kappa shape index (κ1) is 18.0. The number of nitrogens with two attached hydrogens (primary N) is 1. The lowest BCUT2D eigenvalue weighted by molar-refractivity contribution is -0.144. The maximum atomic E-state index is 12.7. The summed E-state index contributed by atoms with van der Waals surface area (Å²) in [5.74, 6) is 0.435. The summed E-state index contributed by atoms with van der Waals surface area (Å²) in [5, 5.41) is 0. The Kier molecular flexibility index (Phi) is 7.15. The third-order valence-corrected chi connectivity index (χ3v) is 4.08. The van der Waals surface area contributed by atoms with Gasteiger partial charge in [-0.2, -0.15) is 0 Å². The Bertz CT molecular complexity index is 439. The number of ether oxygens (including phenoxy) is 1. The van der Waals surface area contributed by atoms with Crippen molar-refractivity contribution in [2.24, 2.45) is 11.7 Å². The summed E-state index contributed by atoms with van der Waals surface area (Å²) in [5.41, 5.74) is 6.89. The Morgan fingerprint density at radius 2 is 2.05 bits per heavy atom. The average Bonchev–Trinajstić information content (AvgIpc) is 2.49. The number of benzene rings is 1. The molecule has 21 heavy (non-hydrogen) atoms. The van der Waals surface area contributed by atoms with Gasteiger partial charge in [0.2, 0.25) is 0 Å². The molecule has 2 rings (SSSR count). The number of piperidine rings is 1. The van der Waals surface area contributed by atoms with Gasteiger partial charge in [0, 0.05) is 26.2 Å². The van der Waals surface area contributed by atoms with Crippen molar-refractivity contribution in [2.45, 2.75) is 31.9 Å². The lowest BCUT2D eigenvalue weighted by Gasteiger charge is -2.36. The number of amides is 1. The van der Waals surface area contributed by atoms with Crippen molar-refractivity contribution in [3.63, 3.8) is 0 Å². The Morgan fingerprint density at radius 1 is 1.38 bits per heavy atom. The molecule has 0 aromatic heterocycles. The summed E-state index contributed by atoms with van der Waals surface area (Å²) in [6, 6.07) is 9.78. The van der Waals surface area contributed by atoms with Gasteiger partial charge in [0.05, 0.1) is 0 Å². The van der Waals surface area contributed by atoms with Crippen LogP contribution in [0.3, 0.4) is 0 Å². The summed E-state index contributed by atoms with van der Waals surface area (Å²) < 4.78 is 5.42. The maximum Gasteiger partial charge on any atom is 0.256 e. The van der Waals surface area contributed by atoms with E-state index in [0.717, 1.165) is 31.5 Å². The largest absolute Gasteiger partial charge is 0.367 e. The van der Waals surface area contributed by atoms with Gasteiger partial charge in [-0.1, -0.05) is 30.3 Å². The Morgan fingerprint density at radius 3 is 2.62 bits per heavy atom. The van der Waals surface area contributed by atoms with Crippen LogP contribution < -0.4 is 5.73 Å². The van der Waals surface area contributed by atoms with E-state index in [-0.39, 0.29) is 24.4 Å². The van der Waals surface area contributed by atoms with Crippen LogP contribution in [-0.2, 0) is 9.53 Å². The zero-order valence-corrected chi connectivity index (χ0v) is 13.5. The molecule has 1 amide bonds. The zero-order chi connectivity index (χ0) is 14.5. The quantitative estimate of drug-likeness (QED) is 0.928. The summed E-state index contributed by atoms with van der Waals surface area (Å²) in [6.07, 6.45) is 1.61. The molecular formula is C16H25ClN2O2. The minimum absolute atomic E-state index is 0. The molecule has 2 N–H and O–H groups in total. The van der Waals surface area contributed by atoms with Crippen molar-refractivity contribution in [1.29, 1.82) is 0 Å². The van der Waals surface area contributed by atoms with E-state index in [1.807, 2.05) is 42.2 Å². The molecular weight excluding hydrogens is 288 g/mol. The summed E-state index contributed by atoms with van der Waals surface area (Å²) in [6.45, 7) is 3.56. The number of carbonyl (C=O) groups is 1. The maximum absolute atomic E-state index is 12.7. The van der Waals surface area contributed by atoms with Crippen molar-refractivity contribution in [2.75, 3.05) is 20.2 Å². The lowest BCUT2D eigenvalue weighted by Crippen LogP contribution is -2.46. The van der Waals surface area contributed by atoms with Crippen LogP contribution in [0.4, 0.5) is 0 Å². The number of halogens is 1. The van der Waals surface area contributed by atoms with Crippen molar-refractivity contribution >= 4 is 18.3 Å². The first-order chi connectivity index (χ1) is 9.63. The highest BCUT2D eigenvalue weighted by Crippen LogP contribution is 2.24. The van der Waals surface area contributed by atoms with Crippen molar-refractivity contribution < 1.29 is 9.53 Å². The second-order valence-electron chi connectivity index (χ2n) is 5.57. The molecule has 1 heterocycles. The molecule has 0 bridgehead atoms. The molecule has 1 aromatic carbocycles. The summed E-state index contributed by atoms with van der Waals surface area (Å²) >= 11 is 0. The van der Waals surface area contributed by atoms with Crippen LogP contribution in [0.5, 0.6) is 0 Å². The van der Waals surface area contributed by atoms with Gasteiger partial charge in [-0.3, -0.25) is 4.79 Å². The number of nitrogens with zero attached hydrogens (tertiary/aromatic N) is 1. The van der Waals surface area contributed by atoms with E-state index >= 15 is 0 Å². The summed E-state index contributed by atoms with van der Waals surface area (Å²) in [4.78, 5) is 14.6. The molecule has 1 saturated heterocycles. The minimum Gasteiger partial charge on any atom is -0.367 e. The minimum atomic E-state index is -0.511. The molecule has 1 aliphatic rings. The number of rotatable bonds is 4. The second kappa shape index (κ2) is 8.37. The first-order valence-corrected chi connectivity index (χ1v) is 7.25. The fourth-order valence-corrected chi connectivity index (χ4v) is 2.81. The highest BCUT2D eigenvalue weighted by atomic mass is 35.5. The highest BCUT2D eigenvalue weighted by Gasteiger charge is 2.30.